The first-order valence-corrected chi connectivity index (χ1v) is 5.63. The summed E-state index contributed by atoms with van der Waals surface area (Å²) in [5.74, 6) is 0.594. The summed E-state index contributed by atoms with van der Waals surface area (Å²) in [6, 6.07) is 0. The van der Waals surface area contributed by atoms with Crippen LogP contribution in [0.3, 0.4) is 0 Å². The van der Waals surface area contributed by atoms with Gasteiger partial charge < -0.3 is 5.73 Å². The maximum Gasteiger partial charge on any atom is 0.289 e. The first-order chi connectivity index (χ1) is 7.06. The van der Waals surface area contributed by atoms with Gasteiger partial charge in [-0.1, -0.05) is 27.2 Å². The number of H-pyrrole nitrogens is 1. The highest BCUT2D eigenvalue weighted by atomic mass is 16.1. The minimum Gasteiger partial charge on any atom is -0.393 e. The molecule has 0 radical (unpaired) electrons. The van der Waals surface area contributed by atoms with Gasteiger partial charge in [0, 0.05) is 6.54 Å². The van der Waals surface area contributed by atoms with Crippen LogP contribution in [0, 0.1) is 5.92 Å². The third kappa shape index (κ3) is 2.88. The van der Waals surface area contributed by atoms with Crippen LogP contribution in [-0.4, -0.2) is 9.78 Å². The second kappa shape index (κ2) is 5.05. The van der Waals surface area contributed by atoms with E-state index in [0.717, 1.165) is 31.5 Å². The Bertz CT molecular complexity index is 362. The van der Waals surface area contributed by atoms with E-state index in [-0.39, 0.29) is 5.56 Å². The van der Waals surface area contributed by atoms with Gasteiger partial charge in [-0.2, -0.15) is 0 Å². The standard InChI is InChI=1S/C11H21N3O/c1-4-5-9-10(12)11(15)14(13-9)7-6-8(2)3/h8,13H,4-7,12H2,1-3H3. The van der Waals surface area contributed by atoms with E-state index in [1.807, 2.05) is 0 Å². The van der Waals surface area contributed by atoms with Crippen molar-refractivity contribution < 1.29 is 0 Å². The molecular formula is C11H21N3O. The number of nitrogen functional groups attached to an aromatic ring is 1. The van der Waals surface area contributed by atoms with Crippen LogP contribution >= 0.6 is 0 Å². The molecule has 0 unspecified atom stereocenters. The van der Waals surface area contributed by atoms with Crippen molar-refractivity contribution in [2.75, 3.05) is 5.73 Å². The van der Waals surface area contributed by atoms with Gasteiger partial charge in [0.15, 0.2) is 0 Å². The van der Waals surface area contributed by atoms with Crippen molar-refractivity contribution in [2.45, 2.75) is 46.6 Å². The zero-order valence-corrected chi connectivity index (χ0v) is 9.84. The summed E-state index contributed by atoms with van der Waals surface area (Å²) >= 11 is 0. The Morgan fingerprint density at radius 3 is 2.67 bits per heavy atom. The van der Waals surface area contributed by atoms with E-state index in [1.165, 1.54) is 0 Å². The van der Waals surface area contributed by atoms with Crippen molar-refractivity contribution in [2.24, 2.45) is 5.92 Å². The van der Waals surface area contributed by atoms with Gasteiger partial charge in [0.25, 0.3) is 5.56 Å². The second-order valence-electron chi connectivity index (χ2n) is 4.39. The minimum absolute atomic E-state index is 0.0703. The molecule has 0 fully saturated rings. The van der Waals surface area contributed by atoms with E-state index in [2.05, 4.69) is 25.9 Å². The highest BCUT2D eigenvalue weighted by Gasteiger charge is 2.09. The first kappa shape index (κ1) is 11.9. The van der Waals surface area contributed by atoms with Crippen LogP contribution in [0.15, 0.2) is 4.79 Å². The average molecular weight is 211 g/mol. The summed E-state index contributed by atoms with van der Waals surface area (Å²) in [6.45, 7) is 7.09. The Kier molecular flexibility index (Phi) is 4.00. The number of aromatic nitrogens is 2. The third-order valence-corrected chi connectivity index (χ3v) is 2.50. The molecule has 4 heteroatoms. The predicted molar refractivity (Wildman–Crippen MR) is 62.9 cm³/mol. The van der Waals surface area contributed by atoms with E-state index in [0.29, 0.717) is 11.6 Å². The van der Waals surface area contributed by atoms with Crippen LogP contribution in [-0.2, 0) is 13.0 Å². The van der Waals surface area contributed by atoms with Gasteiger partial charge >= 0.3 is 0 Å². The fourth-order valence-electron chi connectivity index (χ4n) is 1.53. The summed E-state index contributed by atoms with van der Waals surface area (Å²) in [5, 5.41) is 3.09. The number of hydrogen-bond donors (Lipinski definition) is 2. The van der Waals surface area contributed by atoms with Gasteiger partial charge in [-0.05, 0) is 18.8 Å². The molecule has 0 saturated carbocycles. The summed E-state index contributed by atoms with van der Waals surface area (Å²) in [7, 11) is 0. The van der Waals surface area contributed by atoms with E-state index >= 15 is 0 Å². The molecule has 0 aliphatic heterocycles. The maximum atomic E-state index is 11.7. The average Bonchev–Trinajstić information content (AvgIpc) is 2.44. The normalized spacial score (nSPS) is 11.2. The highest BCUT2D eigenvalue weighted by molar-refractivity contribution is 5.40. The molecule has 86 valence electrons. The molecule has 0 saturated heterocycles. The topological polar surface area (TPSA) is 63.8 Å². The minimum atomic E-state index is -0.0703. The summed E-state index contributed by atoms with van der Waals surface area (Å²) < 4.78 is 1.63. The van der Waals surface area contributed by atoms with Gasteiger partial charge in [-0.3, -0.25) is 14.6 Å². The molecule has 0 spiro atoms. The van der Waals surface area contributed by atoms with Crippen molar-refractivity contribution in [1.29, 1.82) is 0 Å². The molecule has 0 aliphatic carbocycles. The van der Waals surface area contributed by atoms with Crippen LogP contribution in [0.1, 0.15) is 39.3 Å². The van der Waals surface area contributed by atoms with Crippen molar-refractivity contribution in [3.63, 3.8) is 0 Å². The number of nitrogens with one attached hydrogen (secondary N) is 1. The molecule has 1 heterocycles. The van der Waals surface area contributed by atoms with Crippen LogP contribution in [0.25, 0.3) is 0 Å². The van der Waals surface area contributed by atoms with E-state index in [4.69, 9.17) is 5.73 Å². The number of hydrogen-bond acceptors (Lipinski definition) is 2. The molecule has 0 aromatic carbocycles. The fraction of sp³-hybridized carbons (Fsp3) is 0.727. The molecule has 3 N–H and O–H groups in total. The number of nitrogens with two attached hydrogens (primary N) is 1. The molecule has 15 heavy (non-hydrogen) atoms. The second-order valence-corrected chi connectivity index (χ2v) is 4.39. The lowest BCUT2D eigenvalue weighted by molar-refractivity contribution is 0.476. The van der Waals surface area contributed by atoms with Gasteiger partial charge in [0.2, 0.25) is 0 Å². The molecule has 0 bridgehead atoms. The largest absolute Gasteiger partial charge is 0.393 e. The van der Waals surface area contributed by atoms with E-state index in [9.17, 15) is 4.79 Å². The van der Waals surface area contributed by atoms with Gasteiger partial charge in [-0.15, -0.1) is 0 Å². The van der Waals surface area contributed by atoms with Gasteiger partial charge in [0.05, 0.1) is 5.69 Å². The fourth-order valence-corrected chi connectivity index (χ4v) is 1.53. The highest BCUT2D eigenvalue weighted by Crippen LogP contribution is 2.07. The molecular weight excluding hydrogens is 190 g/mol. The number of anilines is 1. The van der Waals surface area contributed by atoms with E-state index < -0.39 is 0 Å². The number of nitrogens with zero attached hydrogens (tertiary/aromatic N) is 1. The molecule has 0 atom stereocenters. The first-order valence-electron chi connectivity index (χ1n) is 5.63. The Hall–Kier alpha value is -1.19. The smallest absolute Gasteiger partial charge is 0.289 e. The van der Waals surface area contributed by atoms with Gasteiger partial charge in [-0.25, -0.2) is 0 Å². The SMILES string of the molecule is CCCc1[nH]n(CCC(C)C)c(=O)c1N. The van der Waals surface area contributed by atoms with Crippen LogP contribution in [0.5, 0.6) is 0 Å². The third-order valence-electron chi connectivity index (χ3n) is 2.50. The molecule has 0 amide bonds. The Morgan fingerprint density at radius 1 is 1.47 bits per heavy atom. The van der Waals surface area contributed by atoms with Crippen molar-refractivity contribution in [3.05, 3.63) is 16.0 Å². The number of aromatic amines is 1. The lowest BCUT2D eigenvalue weighted by atomic mass is 10.1. The Labute approximate surface area is 90.5 Å². The van der Waals surface area contributed by atoms with Crippen molar-refractivity contribution in [3.8, 4) is 0 Å². The van der Waals surface area contributed by atoms with Crippen LogP contribution in [0.2, 0.25) is 0 Å². The predicted octanol–water partition coefficient (Wildman–Crippen LogP) is 1.76. The van der Waals surface area contributed by atoms with Gasteiger partial charge in [0.1, 0.15) is 5.69 Å². The molecule has 4 nitrogen and oxygen atoms in total. The van der Waals surface area contributed by atoms with Crippen LogP contribution < -0.4 is 11.3 Å². The number of rotatable bonds is 5. The van der Waals surface area contributed by atoms with Crippen molar-refractivity contribution in [1.82, 2.24) is 9.78 Å². The Balaban J connectivity index is 2.81. The molecule has 0 aliphatic rings. The molecule has 1 aromatic heterocycles. The maximum absolute atomic E-state index is 11.7. The van der Waals surface area contributed by atoms with E-state index in [1.54, 1.807) is 4.68 Å². The molecule has 1 aromatic rings. The Morgan fingerprint density at radius 2 is 2.13 bits per heavy atom. The monoisotopic (exact) mass is 211 g/mol. The summed E-state index contributed by atoms with van der Waals surface area (Å²) in [5.41, 5.74) is 6.93. The van der Waals surface area contributed by atoms with Crippen molar-refractivity contribution >= 4 is 5.69 Å². The zero-order valence-electron chi connectivity index (χ0n) is 9.84. The summed E-state index contributed by atoms with van der Waals surface area (Å²) in [6.07, 6.45) is 2.83. The lowest BCUT2D eigenvalue weighted by Gasteiger charge is -2.04. The lowest BCUT2D eigenvalue weighted by Crippen LogP contribution is -2.19. The molecule has 1 rings (SSSR count). The number of aryl methyl sites for hydroxylation is 2. The summed E-state index contributed by atoms with van der Waals surface area (Å²) in [4.78, 5) is 11.7. The zero-order chi connectivity index (χ0) is 11.4. The van der Waals surface area contributed by atoms with Crippen LogP contribution in [0.4, 0.5) is 5.69 Å². The quantitative estimate of drug-likeness (QED) is 0.779.